The Balaban J connectivity index is 1.48. The maximum atomic E-state index is 14.5. The van der Waals surface area contributed by atoms with Crippen LogP contribution >= 0.6 is 11.8 Å². The third kappa shape index (κ3) is 4.93. The zero-order chi connectivity index (χ0) is 24.9. The Morgan fingerprint density at radius 1 is 1.20 bits per heavy atom. The third-order valence-corrected chi connectivity index (χ3v) is 6.66. The molecule has 2 aromatic carbocycles. The van der Waals surface area contributed by atoms with Crippen molar-refractivity contribution in [1.29, 1.82) is 0 Å². The van der Waals surface area contributed by atoms with Gasteiger partial charge in [0, 0.05) is 26.2 Å². The van der Waals surface area contributed by atoms with Crippen molar-refractivity contribution < 1.29 is 9.18 Å². The van der Waals surface area contributed by atoms with E-state index in [1.165, 1.54) is 22.4 Å². The van der Waals surface area contributed by atoms with Crippen LogP contribution in [-0.2, 0) is 17.9 Å². The van der Waals surface area contributed by atoms with Crippen LogP contribution in [0.2, 0.25) is 0 Å². The standard InChI is InChI=1S/C25H27FN6O2S/c1-4-13-31-23(34)18-9-7-8-10-20(18)32-24(31)28-29-25(32)35-16-22(33)27-15-17-11-12-21(19(26)14-17)30(5-2)6-3/h4,7-12,14H,1,5-6,13,15-16H2,2-3H3,(H,27,33). The average molecular weight is 495 g/mol. The van der Waals surface area contributed by atoms with E-state index in [0.29, 0.717) is 39.6 Å². The molecule has 0 atom stereocenters. The van der Waals surface area contributed by atoms with E-state index >= 15 is 0 Å². The predicted molar refractivity (Wildman–Crippen MR) is 137 cm³/mol. The van der Waals surface area contributed by atoms with Gasteiger partial charge in [-0.2, -0.15) is 0 Å². The second-order valence-electron chi connectivity index (χ2n) is 7.86. The van der Waals surface area contributed by atoms with Gasteiger partial charge in [0.2, 0.25) is 11.7 Å². The van der Waals surface area contributed by atoms with Gasteiger partial charge in [0.05, 0.1) is 22.3 Å². The number of hydrogen-bond acceptors (Lipinski definition) is 6. The summed E-state index contributed by atoms with van der Waals surface area (Å²) in [5.74, 6) is -0.0402. The molecular weight excluding hydrogens is 467 g/mol. The van der Waals surface area contributed by atoms with Crippen LogP contribution in [0, 0.1) is 5.82 Å². The molecule has 8 nitrogen and oxygen atoms in total. The number of rotatable bonds is 10. The smallest absolute Gasteiger partial charge is 0.263 e. The molecule has 2 aromatic heterocycles. The summed E-state index contributed by atoms with van der Waals surface area (Å²) >= 11 is 1.22. The first-order valence-electron chi connectivity index (χ1n) is 11.4. The molecule has 182 valence electrons. The molecule has 0 spiro atoms. The first kappa shape index (κ1) is 24.5. The topological polar surface area (TPSA) is 84.5 Å². The van der Waals surface area contributed by atoms with E-state index in [-0.39, 0.29) is 29.6 Å². The van der Waals surface area contributed by atoms with Crippen LogP contribution < -0.4 is 15.8 Å². The summed E-state index contributed by atoms with van der Waals surface area (Å²) in [6, 6.07) is 12.2. The molecule has 35 heavy (non-hydrogen) atoms. The summed E-state index contributed by atoms with van der Waals surface area (Å²) < 4.78 is 17.8. The number of carbonyl (C=O) groups is 1. The van der Waals surface area contributed by atoms with E-state index in [1.807, 2.05) is 36.9 Å². The number of aromatic nitrogens is 4. The van der Waals surface area contributed by atoms with Crippen molar-refractivity contribution in [3.63, 3.8) is 0 Å². The second-order valence-corrected chi connectivity index (χ2v) is 8.81. The molecule has 1 N–H and O–H groups in total. The van der Waals surface area contributed by atoms with Crippen LogP contribution in [0.1, 0.15) is 19.4 Å². The fourth-order valence-electron chi connectivity index (χ4n) is 3.98. The number of amides is 1. The van der Waals surface area contributed by atoms with Crippen molar-refractivity contribution in [2.75, 3.05) is 23.7 Å². The molecule has 4 rings (SSSR count). The summed E-state index contributed by atoms with van der Waals surface area (Å²) in [5.41, 5.74) is 1.74. The Morgan fingerprint density at radius 2 is 1.97 bits per heavy atom. The van der Waals surface area contributed by atoms with Gasteiger partial charge in [0.25, 0.3) is 5.56 Å². The SMILES string of the molecule is C=CCn1c(=O)c2ccccc2n2c(SCC(=O)NCc3ccc(N(CC)CC)c(F)c3)nnc12. The fraction of sp³-hybridized carbons (Fsp3) is 0.280. The van der Waals surface area contributed by atoms with Gasteiger partial charge in [0.1, 0.15) is 5.82 Å². The number of halogens is 1. The number of nitrogens with one attached hydrogen (secondary N) is 1. The molecule has 0 fully saturated rings. The van der Waals surface area contributed by atoms with Gasteiger partial charge in [-0.15, -0.1) is 16.8 Å². The minimum absolute atomic E-state index is 0.0930. The quantitative estimate of drug-likeness (QED) is 0.268. The van der Waals surface area contributed by atoms with Gasteiger partial charge in [-0.1, -0.05) is 36.0 Å². The monoisotopic (exact) mass is 494 g/mol. The zero-order valence-corrected chi connectivity index (χ0v) is 20.5. The fourth-order valence-corrected chi connectivity index (χ4v) is 4.75. The van der Waals surface area contributed by atoms with Gasteiger partial charge in [-0.25, -0.2) is 4.39 Å². The van der Waals surface area contributed by atoms with Crippen LogP contribution in [0.4, 0.5) is 10.1 Å². The van der Waals surface area contributed by atoms with Crippen molar-refractivity contribution >= 4 is 40.0 Å². The summed E-state index contributed by atoms with van der Waals surface area (Å²) in [5, 5.41) is 12.3. The maximum absolute atomic E-state index is 14.5. The Kier molecular flexibility index (Phi) is 7.50. The van der Waals surface area contributed by atoms with E-state index in [9.17, 15) is 14.0 Å². The van der Waals surface area contributed by atoms with E-state index in [1.54, 1.807) is 28.7 Å². The predicted octanol–water partition coefficient (Wildman–Crippen LogP) is 3.62. The van der Waals surface area contributed by atoms with E-state index in [0.717, 1.165) is 13.1 Å². The number of benzene rings is 2. The molecule has 0 bridgehead atoms. The molecular formula is C25H27FN6O2S. The minimum Gasteiger partial charge on any atom is -0.370 e. The van der Waals surface area contributed by atoms with Gasteiger partial charge < -0.3 is 10.2 Å². The Morgan fingerprint density at radius 3 is 2.69 bits per heavy atom. The van der Waals surface area contributed by atoms with E-state index in [4.69, 9.17) is 0 Å². The first-order valence-corrected chi connectivity index (χ1v) is 12.4. The van der Waals surface area contributed by atoms with E-state index < -0.39 is 0 Å². The highest BCUT2D eigenvalue weighted by Gasteiger charge is 2.17. The summed E-state index contributed by atoms with van der Waals surface area (Å²) in [6.45, 7) is 9.63. The third-order valence-electron chi connectivity index (χ3n) is 5.73. The molecule has 10 heteroatoms. The number of fused-ring (bicyclic) bond motifs is 3. The van der Waals surface area contributed by atoms with Crippen molar-refractivity contribution in [2.24, 2.45) is 0 Å². The first-order chi connectivity index (χ1) is 17.0. The molecule has 0 unspecified atom stereocenters. The Labute approximate surface area is 206 Å². The lowest BCUT2D eigenvalue weighted by atomic mass is 10.1. The van der Waals surface area contributed by atoms with Crippen molar-refractivity contribution in [3.05, 3.63) is 76.9 Å². The van der Waals surface area contributed by atoms with Crippen LogP contribution in [0.15, 0.2) is 65.1 Å². The van der Waals surface area contributed by atoms with Crippen molar-refractivity contribution in [1.82, 2.24) is 24.5 Å². The van der Waals surface area contributed by atoms with Crippen molar-refractivity contribution in [2.45, 2.75) is 32.1 Å². The molecule has 0 saturated heterocycles. The number of carbonyl (C=O) groups excluding carboxylic acids is 1. The minimum atomic E-state index is -0.304. The van der Waals surface area contributed by atoms with Gasteiger partial charge >= 0.3 is 0 Å². The highest BCUT2D eigenvalue weighted by Crippen LogP contribution is 2.22. The molecule has 0 aliphatic heterocycles. The van der Waals surface area contributed by atoms with Crippen LogP contribution in [0.25, 0.3) is 16.7 Å². The molecule has 1 amide bonds. The lowest BCUT2D eigenvalue weighted by Gasteiger charge is -2.21. The number of anilines is 1. The molecule has 0 saturated carbocycles. The zero-order valence-electron chi connectivity index (χ0n) is 19.7. The summed E-state index contributed by atoms with van der Waals surface area (Å²) in [6.07, 6.45) is 1.63. The lowest BCUT2D eigenvalue weighted by molar-refractivity contribution is -0.118. The normalized spacial score (nSPS) is 11.2. The molecule has 0 aliphatic rings. The highest BCUT2D eigenvalue weighted by atomic mass is 32.2. The van der Waals surface area contributed by atoms with Gasteiger partial charge in [-0.05, 0) is 43.7 Å². The molecule has 0 radical (unpaired) electrons. The van der Waals surface area contributed by atoms with Crippen molar-refractivity contribution in [3.8, 4) is 0 Å². The Bertz CT molecular complexity index is 1440. The molecule has 0 aliphatic carbocycles. The number of thioether (sulfide) groups is 1. The molecule has 4 aromatic rings. The summed E-state index contributed by atoms with van der Waals surface area (Å²) in [7, 11) is 0. The van der Waals surface area contributed by atoms with Crippen LogP contribution in [0.3, 0.4) is 0 Å². The highest BCUT2D eigenvalue weighted by molar-refractivity contribution is 7.99. The van der Waals surface area contributed by atoms with Gasteiger partial charge in [-0.3, -0.25) is 18.6 Å². The lowest BCUT2D eigenvalue weighted by Crippen LogP contribution is -2.25. The van der Waals surface area contributed by atoms with Crippen LogP contribution in [0.5, 0.6) is 0 Å². The number of para-hydroxylation sites is 1. The maximum Gasteiger partial charge on any atom is 0.263 e. The average Bonchev–Trinajstić information content (AvgIpc) is 3.30. The Hall–Kier alpha value is -3.66. The second kappa shape index (κ2) is 10.7. The largest absolute Gasteiger partial charge is 0.370 e. The number of allylic oxidation sites excluding steroid dienone is 1. The molecule has 2 heterocycles. The number of nitrogens with zero attached hydrogens (tertiary/aromatic N) is 5. The number of hydrogen-bond donors (Lipinski definition) is 1. The van der Waals surface area contributed by atoms with Gasteiger partial charge in [0.15, 0.2) is 5.16 Å². The summed E-state index contributed by atoms with van der Waals surface area (Å²) in [4.78, 5) is 27.3. The van der Waals surface area contributed by atoms with E-state index in [2.05, 4.69) is 22.1 Å². The van der Waals surface area contributed by atoms with Crippen LogP contribution in [-0.4, -0.2) is 43.9 Å².